The van der Waals surface area contributed by atoms with Crippen molar-refractivity contribution in [2.24, 2.45) is 0 Å². The van der Waals surface area contributed by atoms with E-state index in [9.17, 15) is 19.2 Å². The number of carbonyl (C=O) groups is 4. The Morgan fingerprint density at radius 1 is 0.939 bits per heavy atom. The Bertz CT molecular complexity index is 1050. The summed E-state index contributed by atoms with van der Waals surface area (Å²) in [6.45, 7) is -0.403. The number of esters is 1. The fourth-order valence-corrected chi connectivity index (χ4v) is 4.39. The zero-order valence-corrected chi connectivity index (χ0v) is 18.8. The lowest BCUT2D eigenvalue weighted by molar-refractivity contribution is -0.121. The molecule has 1 heterocycles. The number of nitrogens with zero attached hydrogens (tertiary/aromatic N) is 1. The molecule has 4 rings (SSSR count). The van der Waals surface area contributed by atoms with Crippen LogP contribution in [-0.2, 0) is 14.3 Å². The molecule has 2 fully saturated rings. The Kier molecular flexibility index (Phi) is 7.20. The van der Waals surface area contributed by atoms with Gasteiger partial charge < -0.3 is 10.1 Å². The molecule has 0 radical (unpaired) electrons. The average molecular weight is 469 g/mol. The predicted octanol–water partition coefficient (Wildman–Crippen LogP) is 3.93. The smallest absolute Gasteiger partial charge is 0.338 e. The number of Topliss-reactive ketones (excluding diaryl/α,β-unsaturated/α-hetero) is 1. The first kappa shape index (κ1) is 23.1. The molecule has 2 amide bonds. The normalized spacial score (nSPS) is 19.1. The summed E-state index contributed by atoms with van der Waals surface area (Å²) in [4.78, 5) is 51.0. The molecule has 0 spiro atoms. The quantitative estimate of drug-likeness (QED) is 0.376. The van der Waals surface area contributed by atoms with Crippen LogP contribution in [0.15, 0.2) is 48.5 Å². The zero-order valence-electron chi connectivity index (χ0n) is 18.1. The number of halogens is 1. The van der Waals surface area contributed by atoms with Crippen LogP contribution in [0.2, 0.25) is 5.02 Å². The fraction of sp³-hybridized carbons (Fsp3) is 0.360. The molecule has 1 N–H and O–H groups in total. The summed E-state index contributed by atoms with van der Waals surface area (Å²) >= 11 is 5.81. The van der Waals surface area contributed by atoms with E-state index in [0.29, 0.717) is 16.3 Å². The number of amides is 2. The molecular formula is C25H25ClN2O5. The van der Waals surface area contributed by atoms with Gasteiger partial charge in [-0.1, -0.05) is 30.9 Å². The first-order valence-electron chi connectivity index (χ1n) is 11.1. The molecule has 7 nitrogen and oxygen atoms in total. The number of rotatable bonds is 7. The van der Waals surface area contributed by atoms with Crippen molar-refractivity contribution >= 4 is 40.9 Å². The second-order valence-electron chi connectivity index (χ2n) is 8.38. The molecule has 1 unspecified atom stereocenters. The van der Waals surface area contributed by atoms with Crippen LogP contribution in [0.4, 0.5) is 5.69 Å². The number of imide groups is 1. The van der Waals surface area contributed by atoms with E-state index in [1.165, 1.54) is 35.6 Å². The van der Waals surface area contributed by atoms with Crippen LogP contribution in [0.25, 0.3) is 0 Å². The van der Waals surface area contributed by atoms with Crippen LogP contribution in [0.1, 0.15) is 59.2 Å². The highest BCUT2D eigenvalue weighted by molar-refractivity contribution is 6.30. The number of carbonyl (C=O) groups excluding carboxylic acids is 4. The van der Waals surface area contributed by atoms with Crippen molar-refractivity contribution in [3.63, 3.8) is 0 Å². The van der Waals surface area contributed by atoms with E-state index in [1.807, 2.05) is 0 Å². The van der Waals surface area contributed by atoms with Gasteiger partial charge in [-0.2, -0.15) is 0 Å². The largest absolute Gasteiger partial charge is 0.454 e. The number of hydrogen-bond donors (Lipinski definition) is 1. The maximum Gasteiger partial charge on any atom is 0.338 e. The van der Waals surface area contributed by atoms with Gasteiger partial charge in [-0.15, -0.1) is 0 Å². The highest BCUT2D eigenvalue weighted by Crippen LogP contribution is 2.26. The highest BCUT2D eigenvalue weighted by Gasteiger charge is 2.40. The summed E-state index contributed by atoms with van der Waals surface area (Å²) in [5.41, 5.74) is 1.02. The van der Waals surface area contributed by atoms with E-state index in [0.717, 1.165) is 25.7 Å². The first-order valence-corrected chi connectivity index (χ1v) is 11.5. The molecular weight excluding hydrogens is 444 g/mol. The van der Waals surface area contributed by atoms with Crippen LogP contribution < -0.4 is 10.2 Å². The summed E-state index contributed by atoms with van der Waals surface area (Å²) in [6.07, 6.45) is 5.67. The van der Waals surface area contributed by atoms with E-state index in [-0.39, 0.29) is 35.6 Å². The van der Waals surface area contributed by atoms with Gasteiger partial charge in [-0.3, -0.25) is 14.4 Å². The Labute approximate surface area is 197 Å². The van der Waals surface area contributed by atoms with Crippen molar-refractivity contribution in [1.29, 1.82) is 0 Å². The average Bonchev–Trinajstić information content (AvgIpc) is 3.11. The topological polar surface area (TPSA) is 92.8 Å². The number of ketones is 1. The monoisotopic (exact) mass is 468 g/mol. The van der Waals surface area contributed by atoms with Crippen LogP contribution in [0.5, 0.6) is 0 Å². The maximum atomic E-state index is 12.8. The van der Waals surface area contributed by atoms with Gasteiger partial charge in [-0.25, -0.2) is 9.69 Å². The van der Waals surface area contributed by atoms with Crippen molar-refractivity contribution in [1.82, 2.24) is 5.32 Å². The minimum atomic E-state index is -0.667. The van der Waals surface area contributed by atoms with Gasteiger partial charge in [0.05, 0.1) is 23.7 Å². The molecule has 8 heteroatoms. The standard InChI is InChI=1S/C25H25ClN2O5/c26-18-10-6-16(7-11-18)22(29)15-33-25(32)17-8-12-20(13-9-17)28-23(30)14-21(24(28)31)27-19-4-2-1-3-5-19/h6-13,19,21,27H,1-5,14-15H2. The van der Waals surface area contributed by atoms with Crippen molar-refractivity contribution in [3.05, 3.63) is 64.7 Å². The second-order valence-corrected chi connectivity index (χ2v) is 8.82. The number of nitrogens with one attached hydrogen (secondary N) is 1. The molecule has 1 saturated carbocycles. The van der Waals surface area contributed by atoms with Crippen LogP contribution in [-0.4, -0.2) is 42.3 Å². The van der Waals surface area contributed by atoms with E-state index in [2.05, 4.69) is 5.32 Å². The fourth-order valence-electron chi connectivity index (χ4n) is 4.27. The lowest BCUT2D eigenvalue weighted by atomic mass is 9.95. The minimum absolute atomic E-state index is 0.131. The SMILES string of the molecule is O=C(COC(=O)c1ccc(N2C(=O)CC(NC3CCCCC3)C2=O)cc1)c1ccc(Cl)cc1. The van der Waals surface area contributed by atoms with E-state index in [1.54, 1.807) is 24.3 Å². The molecule has 1 aliphatic heterocycles. The van der Waals surface area contributed by atoms with Crippen LogP contribution >= 0.6 is 11.6 Å². The van der Waals surface area contributed by atoms with Crippen LogP contribution in [0, 0.1) is 0 Å². The summed E-state index contributed by atoms with van der Waals surface area (Å²) in [6, 6.07) is 12.1. The molecule has 2 aromatic carbocycles. The van der Waals surface area contributed by atoms with Gasteiger partial charge in [0, 0.05) is 16.6 Å². The number of benzene rings is 2. The highest BCUT2D eigenvalue weighted by atomic mass is 35.5. The lowest BCUT2D eigenvalue weighted by Crippen LogP contribution is -2.44. The van der Waals surface area contributed by atoms with Crippen molar-refractivity contribution in [2.75, 3.05) is 11.5 Å². The summed E-state index contributed by atoms with van der Waals surface area (Å²) in [5.74, 6) is -1.55. The van der Waals surface area contributed by atoms with Gasteiger partial charge in [0.25, 0.3) is 5.91 Å². The van der Waals surface area contributed by atoms with E-state index >= 15 is 0 Å². The minimum Gasteiger partial charge on any atom is -0.454 e. The molecule has 1 aliphatic carbocycles. The second kappa shape index (κ2) is 10.3. The van der Waals surface area contributed by atoms with E-state index in [4.69, 9.17) is 16.3 Å². The molecule has 1 saturated heterocycles. The van der Waals surface area contributed by atoms with Gasteiger partial charge in [-0.05, 0) is 61.4 Å². The Hall–Kier alpha value is -3.03. The summed E-state index contributed by atoms with van der Waals surface area (Å²) < 4.78 is 5.10. The van der Waals surface area contributed by atoms with Crippen molar-refractivity contribution in [2.45, 2.75) is 50.6 Å². The van der Waals surface area contributed by atoms with Crippen LogP contribution in [0.3, 0.4) is 0 Å². The molecule has 0 aromatic heterocycles. The third-order valence-corrected chi connectivity index (χ3v) is 6.30. The summed E-state index contributed by atoms with van der Waals surface area (Å²) in [5, 5.41) is 3.85. The predicted molar refractivity (Wildman–Crippen MR) is 123 cm³/mol. The molecule has 2 aliphatic rings. The zero-order chi connectivity index (χ0) is 23.4. The molecule has 172 valence electrons. The van der Waals surface area contributed by atoms with Crippen molar-refractivity contribution < 1.29 is 23.9 Å². The number of hydrogen-bond acceptors (Lipinski definition) is 6. The van der Waals surface area contributed by atoms with E-state index < -0.39 is 18.6 Å². The van der Waals surface area contributed by atoms with Gasteiger partial charge in [0.15, 0.2) is 12.4 Å². The molecule has 2 aromatic rings. The Morgan fingerprint density at radius 2 is 1.58 bits per heavy atom. The number of anilines is 1. The van der Waals surface area contributed by atoms with Crippen molar-refractivity contribution in [3.8, 4) is 0 Å². The number of ether oxygens (including phenoxy) is 1. The lowest BCUT2D eigenvalue weighted by Gasteiger charge is -2.25. The Morgan fingerprint density at radius 3 is 2.24 bits per heavy atom. The van der Waals surface area contributed by atoms with Gasteiger partial charge >= 0.3 is 5.97 Å². The maximum absolute atomic E-state index is 12.8. The molecule has 33 heavy (non-hydrogen) atoms. The third-order valence-electron chi connectivity index (χ3n) is 6.05. The molecule has 1 atom stereocenters. The van der Waals surface area contributed by atoms with Gasteiger partial charge in [0.2, 0.25) is 5.91 Å². The molecule has 0 bridgehead atoms. The van der Waals surface area contributed by atoms with Gasteiger partial charge in [0.1, 0.15) is 0 Å². The Balaban J connectivity index is 1.34. The first-order chi connectivity index (χ1) is 15.9. The third kappa shape index (κ3) is 5.49. The summed E-state index contributed by atoms with van der Waals surface area (Å²) in [7, 11) is 0.